The molecule has 0 heterocycles. The number of unbranched alkanes of at least 4 members (excludes halogenated alkanes) is 17. The standard InChI is InChI=1S/C30H59NO3/c1-3-5-7-9-11-12-13-14-15-16-17-18-20-22-24-26-30(34)31-28(27-32)29(33)25-23-21-19-10-8-6-4-2/h14-15,28-29,32-33H,3-13,16-27H2,1-2H3,(H,31,34)/b15-14-. The number of allylic oxidation sites excluding steroid dienone is 2. The number of carbonyl (C=O) groups is 1. The second-order valence-electron chi connectivity index (χ2n) is 10.2. The second kappa shape index (κ2) is 26.7. The molecule has 2 atom stereocenters. The Morgan fingerprint density at radius 2 is 1.12 bits per heavy atom. The van der Waals surface area contributed by atoms with Gasteiger partial charge in [0, 0.05) is 6.42 Å². The third kappa shape index (κ3) is 22.9. The van der Waals surface area contributed by atoms with Crippen molar-refractivity contribution in [2.24, 2.45) is 0 Å². The Morgan fingerprint density at radius 1 is 0.676 bits per heavy atom. The molecular weight excluding hydrogens is 422 g/mol. The quantitative estimate of drug-likeness (QED) is 0.0865. The number of amides is 1. The van der Waals surface area contributed by atoms with Crippen molar-refractivity contribution in [3.05, 3.63) is 12.2 Å². The molecule has 1 amide bonds. The molecule has 0 saturated heterocycles. The summed E-state index contributed by atoms with van der Waals surface area (Å²) in [5, 5.41) is 22.7. The van der Waals surface area contributed by atoms with E-state index < -0.39 is 12.1 Å². The third-order valence-corrected chi connectivity index (χ3v) is 6.78. The summed E-state index contributed by atoms with van der Waals surface area (Å²) in [7, 11) is 0. The van der Waals surface area contributed by atoms with Crippen LogP contribution in [0.5, 0.6) is 0 Å². The molecule has 4 nitrogen and oxygen atoms in total. The summed E-state index contributed by atoms with van der Waals surface area (Å²) in [5.74, 6) is -0.0460. The number of nitrogens with one attached hydrogen (secondary N) is 1. The second-order valence-corrected chi connectivity index (χ2v) is 10.2. The third-order valence-electron chi connectivity index (χ3n) is 6.78. The van der Waals surface area contributed by atoms with Crippen LogP contribution < -0.4 is 5.32 Å². The minimum atomic E-state index is -0.654. The molecule has 0 aromatic carbocycles. The molecular formula is C30H59NO3. The maximum atomic E-state index is 12.2. The molecule has 0 aromatic heterocycles. The number of rotatable bonds is 26. The molecule has 0 radical (unpaired) electrons. The maximum Gasteiger partial charge on any atom is 0.220 e. The number of aliphatic hydroxyl groups is 2. The molecule has 0 saturated carbocycles. The zero-order valence-electron chi connectivity index (χ0n) is 22.9. The SMILES string of the molecule is CCCCCCCC/C=C\CCCCCCCC(=O)NC(CO)C(O)CCCCCCCCC. The van der Waals surface area contributed by atoms with Crippen molar-refractivity contribution in [2.45, 2.75) is 167 Å². The van der Waals surface area contributed by atoms with E-state index in [2.05, 4.69) is 31.3 Å². The van der Waals surface area contributed by atoms with Crippen molar-refractivity contribution in [1.82, 2.24) is 5.32 Å². The highest BCUT2D eigenvalue weighted by Crippen LogP contribution is 2.13. The Labute approximate surface area is 212 Å². The summed E-state index contributed by atoms with van der Waals surface area (Å²) in [6.45, 7) is 4.28. The van der Waals surface area contributed by atoms with Crippen LogP contribution in [0.1, 0.15) is 155 Å². The Balaban J connectivity index is 3.60. The number of hydrogen-bond donors (Lipinski definition) is 3. The molecule has 0 rings (SSSR count). The Bertz CT molecular complexity index is 452. The smallest absolute Gasteiger partial charge is 0.220 e. The molecule has 34 heavy (non-hydrogen) atoms. The van der Waals surface area contributed by atoms with E-state index in [1.165, 1.54) is 103 Å². The van der Waals surface area contributed by atoms with E-state index in [0.717, 1.165) is 25.7 Å². The minimum absolute atomic E-state index is 0.0460. The predicted octanol–water partition coefficient (Wildman–Crippen LogP) is 8.00. The fraction of sp³-hybridized carbons (Fsp3) is 0.900. The van der Waals surface area contributed by atoms with Crippen LogP contribution in [-0.4, -0.2) is 34.9 Å². The monoisotopic (exact) mass is 481 g/mol. The zero-order chi connectivity index (χ0) is 25.1. The van der Waals surface area contributed by atoms with Crippen LogP contribution in [0.25, 0.3) is 0 Å². The summed E-state index contributed by atoms with van der Waals surface area (Å²) in [6, 6.07) is -0.532. The highest BCUT2D eigenvalue weighted by Gasteiger charge is 2.19. The van der Waals surface area contributed by atoms with Crippen LogP contribution in [-0.2, 0) is 4.79 Å². The van der Waals surface area contributed by atoms with Gasteiger partial charge in [-0.05, 0) is 38.5 Å². The van der Waals surface area contributed by atoms with Crippen molar-refractivity contribution in [3.63, 3.8) is 0 Å². The lowest BCUT2D eigenvalue weighted by molar-refractivity contribution is -0.123. The van der Waals surface area contributed by atoms with Crippen LogP contribution in [0.3, 0.4) is 0 Å². The van der Waals surface area contributed by atoms with Crippen LogP contribution in [0.2, 0.25) is 0 Å². The van der Waals surface area contributed by atoms with E-state index in [4.69, 9.17) is 0 Å². The molecule has 202 valence electrons. The van der Waals surface area contributed by atoms with Gasteiger partial charge in [-0.15, -0.1) is 0 Å². The summed E-state index contributed by atoms with van der Waals surface area (Å²) >= 11 is 0. The minimum Gasteiger partial charge on any atom is -0.394 e. The normalized spacial score (nSPS) is 13.4. The van der Waals surface area contributed by atoms with Crippen LogP contribution in [0, 0.1) is 0 Å². The molecule has 0 aliphatic heterocycles. The van der Waals surface area contributed by atoms with Crippen molar-refractivity contribution >= 4 is 5.91 Å². The van der Waals surface area contributed by atoms with Gasteiger partial charge in [-0.1, -0.05) is 122 Å². The Hall–Kier alpha value is -0.870. The highest BCUT2D eigenvalue weighted by molar-refractivity contribution is 5.76. The van der Waals surface area contributed by atoms with Gasteiger partial charge >= 0.3 is 0 Å². The highest BCUT2D eigenvalue weighted by atomic mass is 16.3. The Kier molecular flexibility index (Phi) is 26.0. The first-order valence-electron chi connectivity index (χ1n) is 14.9. The van der Waals surface area contributed by atoms with Gasteiger partial charge in [0.25, 0.3) is 0 Å². The predicted molar refractivity (Wildman–Crippen MR) is 147 cm³/mol. The largest absolute Gasteiger partial charge is 0.394 e. The van der Waals surface area contributed by atoms with Gasteiger partial charge < -0.3 is 15.5 Å². The van der Waals surface area contributed by atoms with Crippen LogP contribution in [0.4, 0.5) is 0 Å². The van der Waals surface area contributed by atoms with Gasteiger partial charge in [0.2, 0.25) is 5.91 Å². The van der Waals surface area contributed by atoms with Crippen LogP contribution in [0.15, 0.2) is 12.2 Å². The van der Waals surface area contributed by atoms with Gasteiger partial charge in [-0.2, -0.15) is 0 Å². The van der Waals surface area contributed by atoms with E-state index in [9.17, 15) is 15.0 Å². The van der Waals surface area contributed by atoms with E-state index in [-0.39, 0.29) is 12.5 Å². The van der Waals surface area contributed by atoms with E-state index in [1.807, 2.05) is 0 Å². The lowest BCUT2D eigenvalue weighted by Crippen LogP contribution is -2.45. The molecule has 3 N–H and O–H groups in total. The van der Waals surface area contributed by atoms with Crippen molar-refractivity contribution in [3.8, 4) is 0 Å². The lowest BCUT2D eigenvalue weighted by atomic mass is 10.0. The van der Waals surface area contributed by atoms with Crippen LogP contribution >= 0.6 is 0 Å². The van der Waals surface area contributed by atoms with Gasteiger partial charge in [0.15, 0.2) is 0 Å². The fourth-order valence-electron chi connectivity index (χ4n) is 4.41. The topological polar surface area (TPSA) is 69.6 Å². The van der Waals surface area contributed by atoms with E-state index in [0.29, 0.717) is 12.8 Å². The molecule has 2 unspecified atom stereocenters. The van der Waals surface area contributed by atoms with Crippen molar-refractivity contribution < 1.29 is 15.0 Å². The Morgan fingerprint density at radius 3 is 1.62 bits per heavy atom. The fourth-order valence-corrected chi connectivity index (χ4v) is 4.41. The van der Waals surface area contributed by atoms with Gasteiger partial charge in [-0.25, -0.2) is 0 Å². The van der Waals surface area contributed by atoms with Gasteiger partial charge in [0.1, 0.15) is 0 Å². The summed E-state index contributed by atoms with van der Waals surface area (Å²) in [4.78, 5) is 12.2. The first-order chi connectivity index (χ1) is 16.7. The van der Waals surface area contributed by atoms with Crippen molar-refractivity contribution in [2.75, 3.05) is 6.61 Å². The molecule has 0 aromatic rings. The molecule has 4 heteroatoms. The molecule has 0 fully saturated rings. The molecule has 0 bridgehead atoms. The van der Waals surface area contributed by atoms with E-state index >= 15 is 0 Å². The summed E-state index contributed by atoms with van der Waals surface area (Å²) < 4.78 is 0. The van der Waals surface area contributed by atoms with Gasteiger partial charge in [-0.3, -0.25) is 4.79 Å². The maximum absolute atomic E-state index is 12.2. The average Bonchev–Trinajstić information content (AvgIpc) is 2.84. The zero-order valence-corrected chi connectivity index (χ0v) is 22.9. The summed E-state index contributed by atoms with van der Waals surface area (Å²) in [5.41, 5.74) is 0. The summed E-state index contributed by atoms with van der Waals surface area (Å²) in [6.07, 6.45) is 29.7. The molecule has 0 spiro atoms. The first-order valence-corrected chi connectivity index (χ1v) is 14.9. The van der Waals surface area contributed by atoms with Gasteiger partial charge in [0.05, 0.1) is 18.8 Å². The number of hydrogen-bond acceptors (Lipinski definition) is 3. The lowest BCUT2D eigenvalue weighted by Gasteiger charge is -2.22. The number of carbonyl (C=O) groups excluding carboxylic acids is 1. The average molecular weight is 482 g/mol. The van der Waals surface area contributed by atoms with Crippen molar-refractivity contribution in [1.29, 1.82) is 0 Å². The molecule has 0 aliphatic rings. The first kappa shape index (κ1) is 33.1. The van der Waals surface area contributed by atoms with E-state index in [1.54, 1.807) is 0 Å². The molecule has 0 aliphatic carbocycles. The number of aliphatic hydroxyl groups excluding tert-OH is 2.